The van der Waals surface area contributed by atoms with E-state index in [4.69, 9.17) is 4.74 Å². The number of carbonyl (C=O) groups excluding carboxylic acids is 1. The number of carbonyl (C=O) groups is 1. The van der Waals surface area contributed by atoms with E-state index in [1.807, 2.05) is 6.92 Å². The third kappa shape index (κ3) is 0.618. The van der Waals surface area contributed by atoms with Gasteiger partial charge in [-0.25, -0.2) is 0 Å². The molecule has 2 nitrogen and oxygen atoms in total. The van der Waals surface area contributed by atoms with Crippen LogP contribution in [0, 0.1) is 11.8 Å². The van der Waals surface area contributed by atoms with Gasteiger partial charge in [0.05, 0.1) is 5.92 Å². The van der Waals surface area contributed by atoms with Crippen LogP contribution in [0.3, 0.4) is 0 Å². The second-order valence-corrected chi connectivity index (χ2v) is 2.99. The van der Waals surface area contributed by atoms with Crippen LogP contribution in [0.15, 0.2) is 12.2 Å². The molecule has 1 aliphatic heterocycles. The molecule has 0 aromatic carbocycles. The van der Waals surface area contributed by atoms with Gasteiger partial charge in [-0.1, -0.05) is 12.2 Å². The number of cyclic esters (lactones) is 1. The van der Waals surface area contributed by atoms with Gasteiger partial charge in [-0.05, 0) is 13.3 Å². The van der Waals surface area contributed by atoms with Crippen LogP contribution in [0.2, 0.25) is 0 Å². The lowest BCUT2D eigenvalue weighted by Crippen LogP contribution is -2.11. The summed E-state index contributed by atoms with van der Waals surface area (Å²) in [5.41, 5.74) is 0. The molecule has 0 aromatic heterocycles. The molecule has 0 spiro atoms. The Labute approximate surface area is 59.9 Å². The Hall–Kier alpha value is -0.790. The number of ether oxygens (including phenoxy) is 1. The summed E-state index contributed by atoms with van der Waals surface area (Å²) in [4.78, 5) is 11.0. The molecule has 2 aliphatic rings. The van der Waals surface area contributed by atoms with Crippen molar-refractivity contribution >= 4 is 5.97 Å². The SMILES string of the molecule is C[C@@H]1OC(=O)[C@@H]2CC=C[C@H]12. The van der Waals surface area contributed by atoms with Crippen LogP contribution in [0.25, 0.3) is 0 Å². The van der Waals surface area contributed by atoms with Gasteiger partial charge in [0.2, 0.25) is 0 Å². The largest absolute Gasteiger partial charge is 0.462 e. The van der Waals surface area contributed by atoms with Crippen molar-refractivity contribution < 1.29 is 9.53 Å². The molecule has 2 heteroatoms. The topological polar surface area (TPSA) is 26.3 Å². The Kier molecular flexibility index (Phi) is 1.10. The second-order valence-electron chi connectivity index (χ2n) is 2.99. The van der Waals surface area contributed by atoms with Gasteiger partial charge >= 0.3 is 5.97 Å². The van der Waals surface area contributed by atoms with Crippen LogP contribution in [0.4, 0.5) is 0 Å². The normalized spacial score (nSPS) is 43.7. The van der Waals surface area contributed by atoms with E-state index in [2.05, 4.69) is 12.2 Å². The average molecular weight is 138 g/mol. The first-order chi connectivity index (χ1) is 4.79. The van der Waals surface area contributed by atoms with Crippen molar-refractivity contribution in [1.29, 1.82) is 0 Å². The smallest absolute Gasteiger partial charge is 0.310 e. The van der Waals surface area contributed by atoms with E-state index in [-0.39, 0.29) is 18.0 Å². The van der Waals surface area contributed by atoms with Crippen molar-refractivity contribution in [2.24, 2.45) is 11.8 Å². The van der Waals surface area contributed by atoms with E-state index in [9.17, 15) is 4.79 Å². The summed E-state index contributed by atoms with van der Waals surface area (Å²) in [5, 5.41) is 0. The Balaban J connectivity index is 2.25. The van der Waals surface area contributed by atoms with Crippen molar-refractivity contribution in [3.8, 4) is 0 Å². The van der Waals surface area contributed by atoms with Crippen LogP contribution in [0.1, 0.15) is 13.3 Å². The van der Waals surface area contributed by atoms with Gasteiger partial charge < -0.3 is 4.74 Å². The number of esters is 1. The van der Waals surface area contributed by atoms with E-state index in [1.165, 1.54) is 0 Å². The second kappa shape index (κ2) is 1.84. The number of hydrogen-bond donors (Lipinski definition) is 0. The summed E-state index contributed by atoms with van der Waals surface area (Å²) in [5.74, 6) is 0.505. The molecule has 1 heterocycles. The fourth-order valence-electron chi connectivity index (χ4n) is 1.76. The molecule has 1 aliphatic carbocycles. The molecule has 0 amide bonds. The molecule has 2 rings (SSSR count). The first-order valence-electron chi connectivity index (χ1n) is 3.66. The molecule has 3 atom stereocenters. The van der Waals surface area contributed by atoms with Gasteiger partial charge in [-0.15, -0.1) is 0 Å². The Bertz CT molecular complexity index is 195. The van der Waals surface area contributed by atoms with Crippen molar-refractivity contribution in [2.45, 2.75) is 19.4 Å². The number of fused-ring (bicyclic) bond motifs is 1. The molecule has 0 N–H and O–H groups in total. The first kappa shape index (κ1) is 5.96. The number of allylic oxidation sites excluding steroid dienone is 1. The lowest BCUT2D eigenvalue weighted by atomic mass is 9.95. The summed E-state index contributed by atoms with van der Waals surface area (Å²) in [7, 11) is 0. The maximum atomic E-state index is 11.0. The lowest BCUT2D eigenvalue weighted by Gasteiger charge is -2.05. The van der Waals surface area contributed by atoms with Crippen LogP contribution < -0.4 is 0 Å². The van der Waals surface area contributed by atoms with Crippen molar-refractivity contribution in [2.75, 3.05) is 0 Å². The third-order valence-electron chi connectivity index (χ3n) is 2.36. The molecule has 0 aromatic rings. The zero-order chi connectivity index (χ0) is 7.14. The van der Waals surface area contributed by atoms with Crippen LogP contribution in [-0.2, 0) is 9.53 Å². The average Bonchev–Trinajstić information content (AvgIpc) is 2.39. The fraction of sp³-hybridized carbons (Fsp3) is 0.625. The zero-order valence-electron chi connectivity index (χ0n) is 5.91. The standard InChI is InChI=1S/C8H10O2/c1-5-6-3-2-4-7(6)8(9)10-5/h2-3,5-7H,4H2,1H3/t5-,6+,7+/m0/s1. The number of rotatable bonds is 0. The molecule has 0 bridgehead atoms. The van der Waals surface area contributed by atoms with E-state index in [0.29, 0.717) is 5.92 Å². The summed E-state index contributed by atoms with van der Waals surface area (Å²) in [6, 6.07) is 0. The van der Waals surface area contributed by atoms with E-state index in [1.54, 1.807) is 0 Å². The van der Waals surface area contributed by atoms with Gasteiger partial charge in [-0.3, -0.25) is 4.79 Å². The van der Waals surface area contributed by atoms with Crippen LogP contribution in [-0.4, -0.2) is 12.1 Å². The molecular weight excluding hydrogens is 128 g/mol. The highest BCUT2D eigenvalue weighted by Gasteiger charge is 2.42. The molecular formula is C8H10O2. The van der Waals surface area contributed by atoms with Crippen molar-refractivity contribution in [1.82, 2.24) is 0 Å². The van der Waals surface area contributed by atoms with Gasteiger partial charge in [0.15, 0.2) is 0 Å². The fourth-order valence-corrected chi connectivity index (χ4v) is 1.76. The lowest BCUT2D eigenvalue weighted by molar-refractivity contribution is -0.143. The monoisotopic (exact) mass is 138 g/mol. The van der Waals surface area contributed by atoms with Crippen molar-refractivity contribution in [3.05, 3.63) is 12.2 Å². The quantitative estimate of drug-likeness (QED) is 0.370. The molecule has 54 valence electrons. The number of hydrogen-bond acceptors (Lipinski definition) is 2. The van der Waals surface area contributed by atoms with E-state index in [0.717, 1.165) is 6.42 Å². The minimum atomic E-state index is -0.0116. The first-order valence-corrected chi connectivity index (χ1v) is 3.66. The zero-order valence-corrected chi connectivity index (χ0v) is 5.91. The van der Waals surface area contributed by atoms with Gasteiger partial charge in [0, 0.05) is 5.92 Å². The van der Waals surface area contributed by atoms with Crippen LogP contribution in [0.5, 0.6) is 0 Å². The highest BCUT2D eigenvalue weighted by atomic mass is 16.6. The highest BCUT2D eigenvalue weighted by molar-refractivity contribution is 5.76. The molecule has 10 heavy (non-hydrogen) atoms. The summed E-state index contributed by atoms with van der Waals surface area (Å²) >= 11 is 0. The van der Waals surface area contributed by atoms with Crippen molar-refractivity contribution in [3.63, 3.8) is 0 Å². The Morgan fingerprint density at radius 1 is 1.70 bits per heavy atom. The maximum absolute atomic E-state index is 11.0. The van der Waals surface area contributed by atoms with Gasteiger partial charge in [-0.2, -0.15) is 0 Å². The maximum Gasteiger partial charge on any atom is 0.310 e. The minimum absolute atomic E-state index is 0.0116. The summed E-state index contributed by atoms with van der Waals surface area (Å²) < 4.78 is 5.04. The summed E-state index contributed by atoms with van der Waals surface area (Å²) in [6.07, 6.45) is 5.16. The highest BCUT2D eigenvalue weighted by Crippen LogP contribution is 2.36. The molecule has 1 fully saturated rings. The molecule has 0 radical (unpaired) electrons. The third-order valence-corrected chi connectivity index (χ3v) is 2.36. The van der Waals surface area contributed by atoms with E-state index >= 15 is 0 Å². The van der Waals surface area contributed by atoms with E-state index < -0.39 is 0 Å². The summed E-state index contributed by atoms with van der Waals surface area (Å²) in [6.45, 7) is 1.96. The van der Waals surface area contributed by atoms with Gasteiger partial charge in [0.25, 0.3) is 0 Å². The molecule has 1 saturated heterocycles. The van der Waals surface area contributed by atoms with Gasteiger partial charge in [0.1, 0.15) is 6.10 Å². The Morgan fingerprint density at radius 2 is 2.50 bits per heavy atom. The van der Waals surface area contributed by atoms with Crippen LogP contribution >= 0.6 is 0 Å². The predicted molar refractivity (Wildman–Crippen MR) is 36.3 cm³/mol. The molecule has 0 saturated carbocycles. The molecule has 0 unspecified atom stereocenters. The predicted octanol–water partition coefficient (Wildman–Crippen LogP) is 1.12. The Morgan fingerprint density at radius 3 is 3.20 bits per heavy atom. The minimum Gasteiger partial charge on any atom is -0.462 e.